The first kappa shape index (κ1) is 21.4. The van der Waals surface area contributed by atoms with Crippen molar-refractivity contribution in [3.8, 4) is 0 Å². The van der Waals surface area contributed by atoms with Crippen LogP contribution < -0.4 is 15.5 Å². The maximum atomic E-state index is 13.5. The van der Waals surface area contributed by atoms with Crippen molar-refractivity contribution in [3.63, 3.8) is 0 Å². The van der Waals surface area contributed by atoms with Gasteiger partial charge in [-0.05, 0) is 67.4 Å². The highest BCUT2D eigenvalue weighted by molar-refractivity contribution is 6.36. The van der Waals surface area contributed by atoms with Gasteiger partial charge in [0.05, 0.1) is 17.1 Å². The minimum absolute atomic E-state index is 0.172. The molecule has 34 heavy (non-hydrogen) atoms. The maximum absolute atomic E-state index is 13.5. The first-order valence-electron chi connectivity index (χ1n) is 11.0. The zero-order chi connectivity index (χ0) is 24.0. The van der Waals surface area contributed by atoms with E-state index in [-0.39, 0.29) is 17.7 Å². The average molecular weight is 450 g/mol. The quantitative estimate of drug-likeness (QED) is 0.377. The van der Waals surface area contributed by atoms with Crippen LogP contribution in [0.4, 0.5) is 22.7 Å². The van der Waals surface area contributed by atoms with Crippen molar-refractivity contribution in [2.75, 3.05) is 15.5 Å². The Morgan fingerprint density at radius 2 is 1.44 bits per heavy atom. The zero-order valence-corrected chi connectivity index (χ0v) is 19.1. The Hall–Kier alpha value is -4.45. The summed E-state index contributed by atoms with van der Waals surface area (Å²) in [6, 6.07) is 22.0. The van der Waals surface area contributed by atoms with Gasteiger partial charge in [-0.2, -0.15) is 0 Å². The van der Waals surface area contributed by atoms with Crippen molar-refractivity contribution < 1.29 is 14.4 Å². The fourth-order valence-electron chi connectivity index (χ4n) is 4.34. The van der Waals surface area contributed by atoms with Crippen molar-refractivity contribution in [2.45, 2.75) is 20.8 Å². The number of hydrogen-bond donors (Lipinski definition) is 2. The number of benzene rings is 4. The molecule has 0 spiro atoms. The first-order valence-corrected chi connectivity index (χ1v) is 11.0. The summed E-state index contributed by atoms with van der Waals surface area (Å²) in [5.41, 5.74) is 5.71. The van der Waals surface area contributed by atoms with E-state index in [1.54, 1.807) is 18.2 Å². The van der Waals surface area contributed by atoms with Crippen LogP contribution in [0.25, 0.3) is 10.8 Å². The Morgan fingerprint density at radius 3 is 2.15 bits per heavy atom. The topological polar surface area (TPSA) is 78.5 Å². The van der Waals surface area contributed by atoms with Crippen LogP contribution in [-0.2, 0) is 4.79 Å². The largest absolute Gasteiger partial charge is 0.353 e. The van der Waals surface area contributed by atoms with Gasteiger partial charge in [0.25, 0.3) is 11.8 Å². The molecule has 0 fully saturated rings. The molecule has 0 aliphatic carbocycles. The highest BCUT2D eigenvalue weighted by Crippen LogP contribution is 2.38. The zero-order valence-electron chi connectivity index (χ0n) is 19.1. The summed E-state index contributed by atoms with van der Waals surface area (Å²) >= 11 is 0. The van der Waals surface area contributed by atoms with E-state index in [0.717, 1.165) is 22.2 Å². The lowest BCUT2D eigenvalue weighted by molar-refractivity contribution is -0.114. The van der Waals surface area contributed by atoms with Gasteiger partial charge in [-0.25, -0.2) is 4.90 Å². The Bertz CT molecular complexity index is 1480. The monoisotopic (exact) mass is 449 g/mol. The lowest BCUT2D eigenvalue weighted by Gasteiger charge is -2.28. The number of aryl methyl sites for hydroxylation is 2. The first-order chi connectivity index (χ1) is 16.3. The summed E-state index contributed by atoms with van der Waals surface area (Å²) in [5, 5.41) is 7.56. The van der Waals surface area contributed by atoms with Crippen LogP contribution in [-0.4, -0.2) is 17.7 Å². The minimum atomic E-state index is -0.345. The third kappa shape index (κ3) is 3.49. The lowest BCUT2D eigenvalue weighted by Crippen LogP contribution is -2.40. The maximum Gasteiger partial charge on any atom is 0.265 e. The number of carbonyl (C=O) groups excluding carboxylic acids is 3. The highest BCUT2D eigenvalue weighted by Gasteiger charge is 2.34. The predicted octanol–water partition coefficient (Wildman–Crippen LogP) is 5.96. The molecule has 0 bridgehead atoms. The summed E-state index contributed by atoms with van der Waals surface area (Å²) in [5.74, 6) is -0.863. The van der Waals surface area contributed by atoms with E-state index < -0.39 is 0 Å². The van der Waals surface area contributed by atoms with Crippen molar-refractivity contribution in [1.82, 2.24) is 0 Å². The molecule has 3 amide bonds. The molecule has 4 aromatic carbocycles. The second kappa shape index (κ2) is 8.15. The summed E-state index contributed by atoms with van der Waals surface area (Å²) < 4.78 is 0. The Balaban J connectivity index is 1.61. The molecule has 0 radical (unpaired) electrons. The van der Waals surface area contributed by atoms with Gasteiger partial charge >= 0.3 is 0 Å². The predicted molar refractivity (Wildman–Crippen MR) is 135 cm³/mol. The number of nitrogens with zero attached hydrogens (tertiary/aromatic N) is 1. The second-order valence-electron chi connectivity index (χ2n) is 8.45. The van der Waals surface area contributed by atoms with Crippen molar-refractivity contribution in [2.24, 2.45) is 0 Å². The van der Waals surface area contributed by atoms with Gasteiger partial charge in [0.2, 0.25) is 5.91 Å². The summed E-state index contributed by atoms with van der Waals surface area (Å²) in [4.78, 5) is 39.8. The van der Waals surface area contributed by atoms with Crippen molar-refractivity contribution in [1.29, 1.82) is 0 Å². The number of hydrogen-bond acceptors (Lipinski definition) is 4. The van der Waals surface area contributed by atoms with Crippen LogP contribution >= 0.6 is 0 Å². The van der Waals surface area contributed by atoms with Crippen LogP contribution in [0, 0.1) is 13.8 Å². The fourth-order valence-corrected chi connectivity index (χ4v) is 4.34. The number of para-hydroxylation sites is 2. The van der Waals surface area contributed by atoms with Crippen molar-refractivity contribution >= 4 is 51.2 Å². The van der Waals surface area contributed by atoms with E-state index in [1.165, 1.54) is 11.8 Å². The Labute approximate surface area is 197 Å². The molecule has 0 saturated carbocycles. The van der Waals surface area contributed by atoms with Crippen LogP contribution in [0.15, 0.2) is 72.8 Å². The van der Waals surface area contributed by atoms with E-state index in [9.17, 15) is 14.4 Å². The molecule has 1 heterocycles. The molecule has 1 aliphatic heterocycles. The fraction of sp³-hybridized carbons (Fsp3) is 0.107. The van der Waals surface area contributed by atoms with Gasteiger partial charge in [-0.3, -0.25) is 14.4 Å². The summed E-state index contributed by atoms with van der Waals surface area (Å²) in [7, 11) is 0. The van der Waals surface area contributed by atoms with Gasteiger partial charge in [0.1, 0.15) is 0 Å². The Morgan fingerprint density at radius 1 is 0.735 bits per heavy atom. The molecular weight excluding hydrogens is 426 g/mol. The molecule has 4 aromatic rings. The number of carbonyl (C=O) groups is 3. The summed E-state index contributed by atoms with van der Waals surface area (Å²) in [6.07, 6.45) is 0. The molecule has 0 unspecified atom stereocenters. The molecule has 1 aliphatic rings. The van der Waals surface area contributed by atoms with Crippen molar-refractivity contribution in [3.05, 3.63) is 95.1 Å². The SMILES string of the molecule is CC(=O)Nc1ccccc1Nc1ccc2c3c(cccc13)C(=O)N(c1ccc(C)c(C)c1)C2=O. The molecule has 0 saturated heterocycles. The van der Waals surface area contributed by atoms with E-state index in [0.29, 0.717) is 33.6 Å². The molecular formula is C28H23N3O3. The number of anilines is 4. The average Bonchev–Trinajstić information content (AvgIpc) is 2.81. The van der Waals surface area contributed by atoms with Crippen LogP contribution in [0.2, 0.25) is 0 Å². The van der Waals surface area contributed by atoms with Crippen LogP contribution in [0.3, 0.4) is 0 Å². The smallest absolute Gasteiger partial charge is 0.265 e. The normalized spacial score (nSPS) is 12.7. The summed E-state index contributed by atoms with van der Waals surface area (Å²) in [6.45, 7) is 5.41. The second-order valence-corrected chi connectivity index (χ2v) is 8.45. The van der Waals surface area contributed by atoms with E-state index >= 15 is 0 Å². The highest BCUT2D eigenvalue weighted by atomic mass is 16.2. The molecule has 6 heteroatoms. The Kier molecular flexibility index (Phi) is 5.13. The number of nitrogens with one attached hydrogen (secondary N) is 2. The third-order valence-corrected chi connectivity index (χ3v) is 6.16. The molecule has 168 valence electrons. The number of amides is 3. The van der Waals surface area contributed by atoms with Gasteiger partial charge in [0, 0.05) is 34.5 Å². The van der Waals surface area contributed by atoms with E-state index in [1.807, 2.05) is 68.4 Å². The lowest BCUT2D eigenvalue weighted by atomic mass is 9.92. The van der Waals surface area contributed by atoms with Gasteiger partial charge < -0.3 is 10.6 Å². The number of imide groups is 1. The van der Waals surface area contributed by atoms with Gasteiger partial charge in [-0.1, -0.05) is 30.3 Å². The molecule has 0 aromatic heterocycles. The van der Waals surface area contributed by atoms with E-state index in [2.05, 4.69) is 10.6 Å². The molecule has 0 atom stereocenters. The van der Waals surface area contributed by atoms with E-state index in [4.69, 9.17) is 0 Å². The minimum Gasteiger partial charge on any atom is -0.353 e. The molecule has 6 nitrogen and oxygen atoms in total. The third-order valence-electron chi connectivity index (χ3n) is 6.16. The van der Waals surface area contributed by atoms with Crippen LogP contribution in [0.1, 0.15) is 38.8 Å². The van der Waals surface area contributed by atoms with Gasteiger partial charge in [-0.15, -0.1) is 0 Å². The standard InChI is InChI=1S/C28H23N3O3/c1-16-11-12-19(15-17(16)2)31-27(33)21-8-6-7-20-23(14-13-22(26(20)21)28(31)34)30-25-10-5-4-9-24(25)29-18(3)32/h4-15,30H,1-3H3,(H,29,32). The number of rotatable bonds is 4. The molecule has 2 N–H and O–H groups in total. The van der Waals surface area contributed by atoms with Crippen LogP contribution in [0.5, 0.6) is 0 Å². The molecule has 5 rings (SSSR count). The van der Waals surface area contributed by atoms with Gasteiger partial charge in [0.15, 0.2) is 0 Å².